The van der Waals surface area contributed by atoms with E-state index in [2.05, 4.69) is 10.3 Å². The molecule has 0 radical (unpaired) electrons. The van der Waals surface area contributed by atoms with Gasteiger partial charge in [-0.05, 0) is 43.3 Å². The number of nitrogens with one attached hydrogen (secondary N) is 1. The molecule has 1 atom stereocenters. The average molecular weight is 303 g/mol. The molecule has 1 amide bonds. The highest BCUT2D eigenvalue weighted by Crippen LogP contribution is 2.23. The van der Waals surface area contributed by atoms with Crippen LogP contribution in [0.4, 0.5) is 11.4 Å². The standard InChI is InChI=1S/C15H17N3O2S/c1-10(21-14-8-3-11(16)9-17-14)15(19)18-12-4-6-13(20-2)7-5-12/h3-10H,16H2,1-2H3,(H,18,19). The smallest absolute Gasteiger partial charge is 0.237 e. The van der Waals surface area contributed by atoms with E-state index in [1.807, 2.05) is 6.92 Å². The number of nitrogens with two attached hydrogens (primary N) is 1. The first-order valence-corrected chi connectivity index (χ1v) is 7.29. The Hall–Kier alpha value is -2.21. The van der Waals surface area contributed by atoms with E-state index < -0.39 is 0 Å². The second-order valence-corrected chi connectivity index (χ2v) is 5.77. The molecular formula is C15H17N3O2S. The van der Waals surface area contributed by atoms with Crippen molar-refractivity contribution < 1.29 is 9.53 Å². The number of carbonyl (C=O) groups is 1. The monoisotopic (exact) mass is 303 g/mol. The topological polar surface area (TPSA) is 77.2 Å². The van der Waals surface area contributed by atoms with Crippen LogP contribution in [0.3, 0.4) is 0 Å². The second kappa shape index (κ2) is 6.99. The van der Waals surface area contributed by atoms with Crippen LogP contribution in [0.1, 0.15) is 6.92 Å². The lowest BCUT2D eigenvalue weighted by molar-refractivity contribution is -0.115. The van der Waals surface area contributed by atoms with Crippen molar-refractivity contribution in [1.82, 2.24) is 4.98 Å². The summed E-state index contributed by atoms with van der Waals surface area (Å²) in [5.41, 5.74) is 6.92. The van der Waals surface area contributed by atoms with E-state index in [9.17, 15) is 4.79 Å². The van der Waals surface area contributed by atoms with Gasteiger partial charge in [-0.25, -0.2) is 4.98 Å². The summed E-state index contributed by atoms with van der Waals surface area (Å²) >= 11 is 1.38. The third kappa shape index (κ3) is 4.39. The van der Waals surface area contributed by atoms with Gasteiger partial charge < -0.3 is 15.8 Å². The van der Waals surface area contributed by atoms with Crippen LogP contribution in [0.25, 0.3) is 0 Å². The maximum absolute atomic E-state index is 12.1. The maximum atomic E-state index is 12.1. The Kier molecular flexibility index (Phi) is 5.05. The highest BCUT2D eigenvalue weighted by molar-refractivity contribution is 8.00. The Bertz CT molecular complexity index is 599. The Morgan fingerprint density at radius 3 is 2.57 bits per heavy atom. The average Bonchev–Trinajstić information content (AvgIpc) is 2.50. The molecule has 0 aliphatic rings. The predicted molar refractivity (Wildman–Crippen MR) is 85.6 cm³/mol. The van der Waals surface area contributed by atoms with Gasteiger partial charge in [-0.1, -0.05) is 11.8 Å². The molecule has 2 rings (SSSR count). The molecule has 2 aromatic rings. The molecule has 1 aromatic heterocycles. The number of anilines is 2. The second-order valence-electron chi connectivity index (χ2n) is 4.41. The summed E-state index contributed by atoms with van der Waals surface area (Å²) in [6.07, 6.45) is 1.58. The van der Waals surface area contributed by atoms with Gasteiger partial charge in [0.15, 0.2) is 0 Å². The first-order valence-electron chi connectivity index (χ1n) is 6.41. The minimum atomic E-state index is -0.261. The predicted octanol–water partition coefficient (Wildman–Crippen LogP) is 2.79. The zero-order valence-corrected chi connectivity index (χ0v) is 12.7. The molecule has 5 nitrogen and oxygen atoms in total. The number of hydrogen-bond donors (Lipinski definition) is 2. The molecule has 3 N–H and O–H groups in total. The van der Waals surface area contributed by atoms with E-state index in [0.717, 1.165) is 16.5 Å². The first-order chi connectivity index (χ1) is 10.1. The molecule has 1 aromatic carbocycles. The molecule has 1 unspecified atom stereocenters. The summed E-state index contributed by atoms with van der Waals surface area (Å²) in [7, 11) is 1.60. The van der Waals surface area contributed by atoms with E-state index >= 15 is 0 Å². The molecule has 0 bridgehead atoms. The summed E-state index contributed by atoms with van der Waals surface area (Å²) in [5.74, 6) is 0.672. The highest BCUT2D eigenvalue weighted by Gasteiger charge is 2.15. The fourth-order valence-electron chi connectivity index (χ4n) is 1.61. The van der Waals surface area contributed by atoms with Crippen molar-refractivity contribution in [3.8, 4) is 5.75 Å². The van der Waals surface area contributed by atoms with Crippen molar-refractivity contribution in [2.24, 2.45) is 0 Å². The molecule has 0 aliphatic heterocycles. The van der Waals surface area contributed by atoms with Crippen LogP contribution in [0, 0.1) is 0 Å². The van der Waals surface area contributed by atoms with Crippen LogP contribution in [0.2, 0.25) is 0 Å². The van der Waals surface area contributed by atoms with Crippen LogP contribution >= 0.6 is 11.8 Å². The van der Waals surface area contributed by atoms with Gasteiger partial charge in [-0.15, -0.1) is 0 Å². The number of methoxy groups -OCH3 is 1. The van der Waals surface area contributed by atoms with Crippen molar-refractivity contribution in [3.63, 3.8) is 0 Å². The molecule has 21 heavy (non-hydrogen) atoms. The van der Waals surface area contributed by atoms with Crippen LogP contribution in [0.5, 0.6) is 5.75 Å². The molecule has 110 valence electrons. The quantitative estimate of drug-likeness (QED) is 0.831. The Morgan fingerprint density at radius 2 is 2.00 bits per heavy atom. The van der Waals surface area contributed by atoms with Crippen molar-refractivity contribution in [3.05, 3.63) is 42.6 Å². The van der Waals surface area contributed by atoms with Crippen molar-refractivity contribution >= 4 is 29.0 Å². The van der Waals surface area contributed by atoms with E-state index in [4.69, 9.17) is 10.5 Å². The number of thioether (sulfide) groups is 1. The Balaban J connectivity index is 1.93. The number of carbonyl (C=O) groups excluding carboxylic acids is 1. The fourth-order valence-corrected chi connectivity index (χ4v) is 2.40. The van der Waals surface area contributed by atoms with Crippen LogP contribution in [-0.2, 0) is 4.79 Å². The first kappa shape index (κ1) is 15.2. The molecule has 1 heterocycles. The van der Waals surface area contributed by atoms with E-state index in [0.29, 0.717) is 5.69 Å². The zero-order valence-electron chi connectivity index (χ0n) is 11.9. The summed E-state index contributed by atoms with van der Waals surface area (Å²) in [6.45, 7) is 1.83. The number of benzene rings is 1. The summed E-state index contributed by atoms with van der Waals surface area (Å²) in [6, 6.07) is 10.8. The van der Waals surface area contributed by atoms with Gasteiger partial charge in [0.05, 0.1) is 29.3 Å². The lowest BCUT2D eigenvalue weighted by Gasteiger charge is -2.12. The molecular weight excluding hydrogens is 286 g/mol. The molecule has 0 fully saturated rings. The fraction of sp³-hybridized carbons (Fsp3) is 0.200. The third-order valence-electron chi connectivity index (χ3n) is 2.78. The summed E-state index contributed by atoms with van der Waals surface area (Å²) in [4.78, 5) is 16.3. The number of ether oxygens (including phenoxy) is 1. The molecule has 6 heteroatoms. The normalized spacial score (nSPS) is 11.7. The number of amides is 1. The van der Waals surface area contributed by atoms with E-state index in [-0.39, 0.29) is 11.2 Å². The Labute approximate surface area is 127 Å². The van der Waals surface area contributed by atoms with E-state index in [1.165, 1.54) is 11.8 Å². The third-order valence-corrected chi connectivity index (χ3v) is 3.83. The lowest BCUT2D eigenvalue weighted by atomic mass is 10.3. The van der Waals surface area contributed by atoms with Crippen molar-refractivity contribution in [1.29, 1.82) is 0 Å². The largest absolute Gasteiger partial charge is 0.497 e. The zero-order chi connectivity index (χ0) is 15.2. The van der Waals surface area contributed by atoms with Gasteiger partial charge in [0.2, 0.25) is 5.91 Å². The lowest BCUT2D eigenvalue weighted by Crippen LogP contribution is -2.22. The van der Waals surface area contributed by atoms with Crippen molar-refractivity contribution in [2.45, 2.75) is 17.2 Å². The van der Waals surface area contributed by atoms with Gasteiger partial charge in [-0.3, -0.25) is 4.79 Å². The number of hydrogen-bond acceptors (Lipinski definition) is 5. The number of nitrogens with zero attached hydrogens (tertiary/aromatic N) is 1. The van der Waals surface area contributed by atoms with Gasteiger partial charge >= 0.3 is 0 Å². The molecule has 0 spiro atoms. The molecule has 0 aliphatic carbocycles. The number of rotatable bonds is 5. The van der Waals surface area contributed by atoms with Gasteiger partial charge in [-0.2, -0.15) is 0 Å². The van der Waals surface area contributed by atoms with Crippen LogP contribution in [-0.4, -0.2) is 23.3 Å². The minimum absolute atomic E-state index is 0.0798. The molecule has 0 saturated heterocycles. The van der Waals surface area contributed by atoms with Gasteiger partial charge in [0, 0.05) is 5.69 Å². The molecule has 0 saturated carbocycles. The number of nitrogen functional groups attached to an aromatic ring is 1. The summed E-state index contributed by atoms with van der Waals surface area (Å²) < 4.78 is 5.07. The number of aromatic nitrogens is 1. The van der Waals surface area contributed by atoms with Crippen LogP contribution < -0.4 is 15.8 Å². The Morgan fingerprint density at radius 1 is 1.29 bits per heavy atom. The minimum Gasteiger partial charge on any atom is -0.497 e. The van der Waals surface area contributed by atoms with Crippen molar-refractivity contribution in [2.75, 3.05) is 18.2 Å². The van der Waals surface area contributed by atoms with Gasteiger partial charge in [0.25, 0.3) is 0 Å². The highest BCUT2D eigenvalue weighted by atomic mass is 32.2. The van der Waals surface area contributed by atoms with E-state index in [1.54, 1.807) is 49.7 Å². The maximum Gasteiger partial charge on any atom is 0.237 e. The SMILES string of the molecule is COc1ccc(NC(=O)C(C)Sc2ccc(N)cn2)cc1. The number of pyridine rings is 1. The summed E-state index contributed by atoms with van der Waals surface area (Å²) in [5, 5.41) is 3.36. The van der Waals surface area contributed by atoms with Crippen LogP contribution in [0.15, 0.2) is 47.6 Å². The van der Waals surface area contributed by atoms with Gasteiger partial charge in [0.1, 0.15) is 5.75 Å².